The van der Waals surface area contributed by atoms with Crippen LogP contribution in [0.25, 0.3) is 0 Å². The lowest BCUT2D eigenvalue weighted by molar-refractivity contribution is 0.415. The molecule has 5 nitrogen and oxygen atoms in total. The predicted molar refractivity (Wildman–Crippen MR) is 72.5 cm³/mol. The standard InChI is InChI=1S/C12H18N4OS/c1-16-9(5-6-14-16)3-4-11(15-13)12-7-10(17-2)8-18-12/h5-8,11,15H,3-4,13H2,1-2H3. The van der Waals surface area contributed by atoms with Gasteiger partial charge in [-0.3, -0.25) is 16.0 Å². The van der Waals surface area contributed by atoms with Crippen molar-refractivity contribution in [3.05, 3.63) is 34.3 Å². The largest absolute Gasteiger partial charge is 0.496 e. The maximum absolute atomic E-state index is 5.63. The molecule has 2 rings (SSSR count). The van der Waals surface area contributed by atoms with E-state index in [2.05, 4.69) is 10.5 Å². The van der Waals surface area contributed by atoms with Crippen molar-refractivity contribution in [2.75, 3.05) is 7.11 Å². The Kier molecular flexibility index (Phi) is 4.35. The number of hydrazine groups is 1. The number of thiophene rings is 1. The summed E-state index contributed by atoms with van der Waals surface area (Å²) in [5, 5.41) is 6.15. The van der Waals surface area contributed by atoms with Crippen molar-refractivity contribution in [2.45, 2.75) is 18.9 Å². The number of hydrogen-bond acceptors (Lipinski definition) is 5. The molecular weight excluding hydrogens is 248 g/mol. The summed E-state index contributed by atoms with van der Waals surface area (Å²) in [6, 6.07) is 4.20. The highest BCUT2D eigenvalue weighted by Crippen LogP contribution is 2.28. The molecule has 1 atom stereocenters. The number of aromatic nitrogens is 2. The third-order valence-electron chi connectivity index (χ3n) is 2.99. The van der Waals surface area contributed by atoms with Crippen LogP contribution in [0.5, 0.6) is 5.75 Å². The average molecular weight is 266 g/mol. The Morgan fingerprint density at radius 1 is 1.61 bits per heavy atom. The molecule has 6 heteroatoms. The van der Waals surface area contributed by atoms with Crippen molar-refractivity contribution in [3.63, 3.8) is 0 Å². The van der Waals surface area contributed by atoms with Crippen LogP contribution in [-0.2, 0) is 13.5 Å². The summed E-state index contributed by atoms with van der Waals surface area (Å²) in [6.45, 7) is 0. The Morgan fingerprint density at radius 3 is 3.00 bits per heavy atom. The molecule has 0 bridgehead atoms. The minimum Gasteiger partial charge on any atom is -0.496 e. The zero-order valence-electron chi connectivity index (χ0n) is 10.6. The highest BCUT2D eigenvalue weighted by molar-refractivity contribution is 7.10. The molecule has 0 amide bonds. The Labute approximate surface area is 111 Å². The first-order chi connectivity index (χ1) is 8.74. The van der Waals surface area contributed by atoms with Crippen LogP contribution in [0.3, 0.4) is 0 Å². The topological polar surface area (TPSA) is 65.1 Å². The van der Waals surface area contributed by atoms with Crippen LogP contribution < -0.4 is 16.0 Å². The van der Waals surface area contributed by atoms with Gasteiger partial charge in [-0.1, -0.05) is 0 Å². The molecule has 0 saturated heterocycles. The second-order valence-corrected chi connectivity index (χ2v) is 5.04. The zero-order valence-corrected chi connectivity index (χ0v) is 11.4. The molecule has 98 valence electrons. The molecule has 0 aromatic carbocycles. The summed E-state index contributed by atoms with van der Waals surface area (Å²) >= 11 is 1.66. The first-order valence-corrected chi connectivity index (χ1v) is 6.68. The van der Waals surface area contributed by atoms with Gasteiger partial charge >= 0.3 is 0 Å². The van der Waals surface area contributed by atoms with E-state index in [1.807, 2.05) is 35.4 Å². The van der Waals surface area contributed by atoms with Gasteiger partial charge in [-0.2, -0.15) is 5.10 Å². The van der Waals surface area contributed by atoms with E-state index in [4.69, 9.17) is 10.6 Å². The van der Waals surface area contributed by atoms with E-state index in [-0.39, 0.29) is 6.04 Å². The van der Waals surface area contributed by atoms with Gasteiger partial charge in [-0.25, -0.2) is 0 Å². The van der Waals surface area contributed by atoms with Gasteiger partial charge in [0.1, 0.15) is 5.75 Å². The maximum atomic E-state index is 5.63. The van der Waals surface area contributed by atoms with Crippen LogP contribution in [0, 0.1) is 0 Å². The van der Waals surface area contributed by atoms with Crippen LogP contribution in [0.2, 0.25) is 0 Å². The van der Waals surface area contributed by atoms with Crippen LogP contribution in [0.4, 0.5) is 0 Å². The van der Waals surface area contributed by atoms with Crippen LogP contribution in [0.15, 0.2) is 23.7 Å². The molecule has 0 radical (unpaired) electrons. The van der Waals surface area contributed by atoms with Gasteiger partial charge in [-0.05, 0) is 25.0 Å². The molecule has 0 spiro atoms. The smallest absolute Gasteiger partial charge is 0.129 e. The van der Waals surface area contributed by atoms with E-state index >= 15 is 0 Å². The van der Waals surface area contributed by atoms with E-state index < -0.39 is 0 Å². The van der Waals surface area contributed by atoms with E-state index in [1.54, 1.807) is 18.4 Å². The number of rotatable bonds is 6. The first kappa shape index (κ1) is 13.1. The van der Waals surface area contributed by atoms with Gasteiger partial charge in [-0.15, -0.1) is 11.3 Å². The minimum absolute atomic E-state index is 0.147. The number of nitrogens with one attached hydrogen (secondary N) is 1. The minimum atomic E-state index is 0.147. The molecule has 3 N–H and O–H groups in total. The second-order valence-electron chi connectivity index (χ2n) is 4.09. The zero-order chi connectivity index (χ0) is 13.0. The summed E-state index contributed by atoms with van der Waals surface area (Å²) in [5.74, 6) is 6.51. The van der Waals surface area contributed by atoms with Gasteiger partial charge in [0.15, 0.2) is 0 Å². The van der Waals surface area contributed by atoms with E-state index in [0.717, 1.165) is 18.6 Å². The number of ether oxygens (including phenoxy) is 1. The monoisotopic (exact) mass is 266 g/mol. The van der Waals surface area contributed by atoms with Gasteiger partial charge < -0.3 is 4.74 Å². The number of hydrogen-bond donors (Lipinski definition) is 2. The van der Waals surface area contributed by atoms with E-state index in [1.165, 1.54) is 10.6 Å². The molecule has 0 fully saturated rings. The van der Waals surface area contributed by atoms with Gasteiger partial charge in [0.05, 0.1) is 13.2 Å². The Morgan fingerprint density at radius 2 is 2.44 bits per heavy atom. The van der Waals surface area contributed by atoms with Crippen LogP contribution in [-0.4, -0.2) is 16.9 Å². The fourth-order valence-electron chi connectivity index (χ4n) is 1.87. The fraction of sp³-hybridized carbons (Fsp3) is 0.417. The number of methoxy groups -OCH3 is 1. The second kappa shape index (κ2) is 5.99. The molecule has 0 saturated carbocycles. The SMILES string of the molecule is COc1csc(C(CCc2ccnn2C)NN)c1. The predicted octanol–water partition coefficient (Wildman–Crippen LogP) is 1.63. The summed E-state index contributed by atoms with van der Waals surface area (Å²) in [5.41, 5.74) is 4.07. The van der Waals surface area contributed by atoms with Crippen molar-refractivity contribution in [3.8, 4) is 5.75 Å². The molecule has 1 unspecified atom stereocenters. The number of nitrogens with two attached hydrogens (primary N) is 1. The van der Waals surface area contributed by atoms with Crippen molar-refractivity contribution < 1.29 is 4.74 Å². The van der Waals surface area contributed by atoms with Crippen LogP contribution in [0.1, 0.15) is 23.0 Å². The number of aryl methyl sites for hydroxylation is 2. The summed E-state index contributed by atoms with van der Waals surface area (Å²) in [7, 11) is 3.63. The van der Waals surface area contributed by atoms with Gasteiger partial charge in [0.2, 0.25) is 0 Å². The first-order valence-electron chi connectivity index (χ1n) is 5.80. The van der Waals surface area contributed by atoms with Crippen molar-refractivity contribution in [2.24, 2.45) is 12.9 Å². The maximum Gasteiger partial charge on any atom is 0.129 e. The molecule has 2 heterocycles. The van der Waals surface area contributed by atoms with E-state index in [0.29, 0.717) is 0 Å². The van der Waals surface area contributed by atoms with Crippen molar-refractivity contribution >= 4 is 11.3 Å². The van der Waals surface area contributed by atoms with Crippen molar-refractivity contribution in [1.82, 2.24) is 15.2 Å². The summed E-state index contributed by atoms with van der Waals surface area (Å²) in [6.07, 6.45) is 3.68. The molecule has 18 heavy (non-hydrogen) atoms. The molecule has 0 aliphatic heterocycles. The van der Waals surface area contributed by atoms with Crippen LogP contribution >= 0.6 is 11.3 Å². The average Bonchev–Trinajstić information content (AvgIpc) is 3.00. The van der Waals surface area contributed by atoms with Crippen molar-refractivity contribution in [1.29, 1.82) is 0 Å². The normalized spacial score (nSPS) is 12.6. The Bertz CT molecular complexity index is 494. The molecule has 0 aliphatic carbocycles. The highest BCUT2D eigenvalue weighted by atomic mass is 32.1. The summed E-state index contributed by atoms with van der Waals surface area (Å²) < 4.78 is 7.08. The summed E-state index contributed by atoms with van der Waals surface area (Å²) in [4.78, 5) is 1.19. The quantitative estimate of drug-likeness (QED) is 0.616. The molecule has 2 aromatic rings. The lowest BCUT2D eigenvalue weighted by Crippen LogP contribution is -2.27. The van der Waals surface area contributed by atoms with Gasteiger partial charge in [0, 0.05) is 29.2 Å². The highest BCUT2D eigenvalue weighted by Gasteiger charge is 2.13. The fourth-order valence-corrected chi connectivity index (χ4v) is 2.82. The van der Waals surface area contributed by atoms with E-state index in [9.17, 15) is 0 Å². The lowest BCUT2D eigenvalue weighted by atomic mass is 10.1. The third-order valence-corrected chi connectivity index (χ3v) is 4.01. The molecule has 0 aliphatic rings. The lowest BCUT2D eigenvalue weighted by Gasteiger charge is -2.13. The van der Waals surface area contributed by atoms with Gasteiger partial charge in [0.25, 0.3) is 0 Å². The third kappa shape index (κ3) is 2.90. The Hall–Kier alpha value is -1.37. The molecular formula is C12H18N4OS. The molecule has 2 aromatic heterocycles. The Balaban J connectivity index is 1.99. The number of nitrogens with zero attached hydrogens (tertiary/aromatic N) is 2.